The number of Topliss-reactive ketones (excluding diaryl/α,β-unsaturated/α-hetero) is 1. The van der Waals surface area contributed by atoms with Crippen LogP contribution in [0.4, 0.5) is 0 Å². The lowest BCUT2D eigenvalue weighted by molar-refractivity contribution is -0.257. The first-order valence-corrected chi connectivity index (χ1v) is 14.6. The number of carbonyl (C=O) groups is 3. The number of fused-ring (bicyclic) bond motifs is 3. The number of unbranched alkanes of at least 4 members (excludes halogenated alkanes) is 1. The van der Waals surface area contributed by atoms with Crippen LogP contribution in [0.1, 0.15) is 108 Å². The Morgan fingerprint density at radius 2 is 1.81 bits per heavy atom. The third-order valence-corrected chi connectivity index (χ3v) is 8.99. The molecule has 0 amide bonds. The largest absolute Gasteiger partial charge is 0.507 e. The number of benzene rings is 2. The average molecular weight is 583 g/mol. The fourth-order valence-corrected chi connectivity index (χ4v) is 6.75. The van der Waals surface area contributed by atoms with Gasteiger partial charge >= 0.3 is 0 Å². The number of aliphatic hydroxyl groups is 2. The molecule has 1 fully saturated rings. The van der Waals surface area contributed by atoms with Crippen molar-refractivity contribution in [1.82, 2.24) is 0 Å². The van der Waals surface area contributed by atoms with Gasteiger partial charge in [-0.05, 0) is 25.3 Å². The van der Waals surface area contributed by atoms with Gasteiger partial charge in [-0.3, -0.25) is 14.4 Å². The summed E-state index contributed by atoms with van der Waals surface area (Å²) in [5.74, 6) is -3.02. The molecule has 5 rings (SSSR count). The highest BCUT2D eigenvalue weighted by Gasteiger charge is 2.50. The summed E-state index contributed by atoms with van der Waals surface area (Å²) in [6.45, 7) is 5.40. The molecule has 1 heterocycles. The zero-order valence-corrected chi connectivity index (χ0v) is 24.3. The minimum absolute atomic E-state index is 0.00305. The van der Waals surface area contributed by atoms with Crippen molar-refractivity contribution in [2.45, 2.75) is 95.9 Å². The fourth-order valence-electron chi connectivity index (χ4n) is 6.75. The molecule has 3 aliphatic rings. The van der Waals surface area contributed by atoms with Gasteiger partial charge in [0.25, 0.3) is 0 Å². The molecule has 0 radical (unpaired) electrons. The number of methoxy groups -OCH3 is 1. The zero-order chi connectivity index (χ0) is 30.5. The molecule has 10 nitrogen and oxygen atoms in total. The zero-order valence-electron chi connectivity index (χ0n) is 24.3. The summed E-state index contributed by atoms with van der Waals surface area (Å²) in [5.41, 5.74) is -2.79. The number of carbonyl (C=O) groups excluding carboxylic acids is 3. The summed E-state index contributed by atoms with van der Waals surface area (Å²) in [6.07, 6.45) is -1.00. The van der Waals surface area contributed by atoms with Crippen LogP contribution in [-0.2, 0) is 20.7 Å². The molecule has 0 saturated carbocycles. The molecule has 226 valence electrons. The molecule has 0 bridgehead atoms. The SMILES string of the molecule is CCCCC1CC(O[C@H]2C[C@](O)(C(=O)CC)Cc3c(O)c4c(c(O)c32)C(=O)c2c(OC)cccc2C4=O)OC(C)C1O. The van der Waals surface area contributed by atoms with Gasteiger partial charge in [-0.2, -0.15) is 0 Å². The molecule has 2 aromatic carbocycles. The Kier molecular flexibility index (Phi) is 8.19. The van der Waals surface area contributed by atoms with Crippen LogP contribution >= 0.6 is 0 Å². The maximum absolute atomic E-state index is 13.8. The molecule has 4 unspecified atom stereocenters. The number of ether oxygens (including phenoxy) is 3. The van der Waals surface area contributed by atoms with Crippen molar-refractivity contribution < 1.29 is 49.0 Å². The Morgan fingerprint density at radius 3 is 2.48 bits per heavy atom. The van der Waals surface area contributed by atoms with E-state index in [1.54, 1.807) is 19.9 Å². The summed E-state index contributed by atoms with van der Waals surface area (Å²) < 4.78 is 17.6. The lowest BCUT2D eigenvalue weighted by Gasteiger charge is -2.43. The van der Waals surface area contributed by atoms with Crippen LogP contribution in [0.5, 0.6) is 17.2 Å². The molecule has 1 saturated heterocycles. The smallest absolute Gasteiger partial charge is 0.202 e. The van der Waals surface area contributed by atoms with Crippen LogP contribution < -0.4 is 4.74 Å². The van der Waals surface area contributed by atoms with Crippen LogP contribution in [-0.4, -0.2) is 69.0 Å². The normalized spacial score (nSPS) is 28.6. The van der Waals surface area contributed by atoms with E-state index in [2.05, 4.69) is 6.92 Å². The molecule has 4 N–H and O–H groups in total. The number of phenols is 2. The van der Waals surface area contributed by atoms with Gasteiger partial charge in [-0.15, -0.1) is 0 Å². The van der Waals surface area contributed by atoms with Gasteiger partial charge in [0.15, 0.2) is 17.9 Å². The van der Waals surface area contributed by atoms with Crippen LogP contribution in [0.3, 0.4) is 0 Å². The fraction of sp³-hybridized carbons (Fsp3) is 0.531. The highest BCUT2D eigenvalue weighted by atomic mass is 16.7. The Hall–Kier alpha value is -3.31. The number of rotatable bonds is 8. The van der Waals surface area contributed by atoms with Crippen molar-refractivity contribution in [1.29, 1.82) is 0 Å². The highest BCUT2D eigenvalue weighted by Crippen LogP contribution is 2.52. The van der Waals surface area contributed by atoms with Gasteiger partial charge in [0.05, 0.1) is 42.1 Å². The molecule has 2 aliphatic carbocycles. The van der Waals surface area contributed by atoms with Gasteiger partial charge in [0.2, 0.25) is 5.78 Å². The van der Waals surface area contributed by atoms with E-state index in [-0.39, 0.29) is 58.7 Å². The van der Waals surface area contributed by atoms with E-state index in [1.165, 1.54) is 19.2 Å². The summed E-state index contributed by atoms with van der Waals surface area (Å²) in [7, 11) is 1.36. The maximum atomic E-state index is 13.8. The molecular weight excluding hydrogens is 544 g/mol. The van der Waals surface area contributed by atoms with Crippen LogP contribution in [0.25, 0.3) is 0 Å². The maximum Gasteiger partial charge on any atom is 0.202 e. The highest BCUT2D eigenvalue weighted by molar-refractivity contribution is 6.31. The summed E-state index contributed by atoms with van der Waals surface area (Å²) in [6, 6.07) is 4.50. The Labute approximate surface area is 244 Å². The third kappa shape index (κ3) is 4.80. The molecule has 2 aromatic rings. The molecule has 42 heavy (non-hydrogen) atoms. The van der Waals surface area contributed by atoms with Gasteiger partial charge in [-0.1, -0.05) is 38.8 Å². The average Bonchev–Trinajstić information content (AvgIpc) is 2.97. The van der Waals surface area contributed by atoms with Crippen molar-refractivity contribution in [3.8, 4) is 17.2 Å². The standard InChI is InChI=1S/C32H38O10/c1-5-7-9-16-12-22(41-15(3)27(16)34)42-20-14-32(39,21(33)6-2)13-18-24(20)31(38)26-25(29(18)36)28(35)17-10-8-11-19(40-4)23(17)30(26)37/h8,10-11,15-16,20,22,27,34,36,38-39H,5-7,9,12-14H2,1-4H3/t15?,16?,20-,22?,27?,32-/m0/s1. The predicted molar refractivity (Wildman–Crippen MR) is 150 cm³/mol. The van der Waals surface area contributed by atoms with Crippen LogP contribution in [0.2, 0.25) is 0 Å². The molecule has 1 aliphatic heterocycles. The first kappa shape index (κ1) is 30.2. The Morgan fingerprint density at radius 1 is 1.10 bits per heavy atom. The van der Waals surface area contributed by atoms with Crippen LogP contribution in [0.15, 0.2) is 18.2 Å². The number of aromatic hydroxyl groups is 2. The summed E-state index contributed by atoms with van der Waals surface area (Å²) >= 11 is 0. The van der Waals surface area contributed by atoms with E-state index in [0.717, 1.165) is 19.3 Å². The van der Waals surface area contributed by atoms with Gasteiger partial charge in [0.1, 0.15) is 22.8 Å². The summed E-state index contributed by atoms with van der Waals surface area (Å²) in [5, 5.41) is 45.4. The van der Waals surface area contributed by atoms with E-state index in [1.807, 2.05) is 0 Å². The quantitative estimate of drug-likeness (QED) is 0.287. The Bertz CT molecular complexity index is 1430. The van der Waals surface area contributed by atoms with E-state index < -0.39 is 64.6 Å². The van der Waals surface area contributed by atoms with Crippen molar-refractivity contribution in [2.75, 3.05) is 7.11 Å². The van der Waals surface area contributed by atoms with Crippen molar-refractivity contribution in [2.24, 2.45) is 5.92 Å². The number of hydrogen-bond donors (Lipinski definition) is 4. The van der Waals surface area contributed by atoms with Gasteiger partial charge in [0, 0.05) is 42.4 Å². The van der Waals surface area contributed by atoms with E-state index in [4.69, 9.17) is 14.2 Å². The number of aliphatic hydroxyl groups excluding tert-OH is 1. The summed E-state index contributed by atoms with van der Waals surface area (Å²) in [4.78, 5) is 40.4. The lowest BCUT2D eigenvalue weighted by atomic mass is 9.71. The number of ketones is 3. The van der Waals surface area contributed by atoms with Crippen molar-refractivity contribution >= 4 is 17.3 Å². The second-order valence-corrected chi connectivity index (χ2v) is 11.6. The van der Waals surface area contributed by atoms with Crippen LogP contribution in [0, 0.1) is 5.92 Å². The minimum Gasteiger partial charge on any atom is -0.507 e. The number of hydrogen-bond acceptors (Lipinski definition) is 10. The van der Waals surface area contributed by atoms with E-state index >= 15 is 0 Å². The molecule has 10 heteroatoms. The van der Waals surface area contributed by atoms with E-state index in [0.29, 0.717) is 6.42 Å². The van der Waals surface area contributed by atoms with Crippen molar-refractivity contribution in [3.63, 3.8) is 0 Å². The molecule has 0 aromatic heterocycles. The topological polar surface area (TPSA) is 160 Å². The second kappa shape index (κ2) is 11.4. The Balaban J connectivity index is 1.64. The predicted octanol–water partition coefficient (Wildman–Crippen LogP) is 3.90. The minimum atomic E-state index is -1.96. The molecule has 6 atom stereocenters. The molecule has 0 spiro atoms. The number of phenolic OH excluding ortho intramolecular Hbond substituents is 2. The third-order valence-electron chi connectivity index (χ3n) is 8.99. The van der Waals surface area contributed by atoms with Crippen molar-refractivity contribution in [3.05, 3.63) is 51.6 Å². The first-order chi connectivity index (χ1) is 20.0. The monoisotopic (exact) mass is 582 g/mol. The second-order valence-electron chi connectivity index (χ2n) is 11.6. The van der Waals surface area contributed by atoms with Gasteiger partial charge in [-0.25, -0.2) is 0 Å². The van der Waals surface area contributed by atoms with E-state index in [9.17, 15) is 34.8 Å². The first-order valence-electron chi connectivity index (χ1n) is 14.6. The van der Waals surface area contributed by atoms with Gasteiger partial charge < -0.3 is 34.6 Å². The lowest BCUT2D eigenvalue weighted by Crippen LogP contribution is -2.48. The molecular formula is C32H38O10.